The van der Waals surface area contributed by atoms with Gasteiger partial charge >= 0.3 is 0 Å². The van der Waals surface area contributed by atoms with Crippen molar-refractivity contribution in [2.75, 3.05) is 9.80 Å². The number of nitriles is 1. The van der Waals surface area contributed by atoms with Crippen LogP contribution in [0.25, 0.3) is 170 Å². The van der Waals surface area contributed by atoms with Crippen molar-refractivity contribution in [1.29, 1.82) is 5.26 Å². The van der Waals surface area contributed by atoms with E-state index in [1.807, 2.05) is 176 Å². The van der Waals surface area contributed by atoms with E-state index in [-0.39, 0.29) is 55.0 Å². The number of furan rings is 4. The molecule has 15 aromatic carbocycles. The maximum absolute atomic E-state index is 10.7. The smallest absolute Gasteiger partial charge is 0.252 e. The van der Waals surface area contributed by atoms with Crippen molar-refractivity contribution in [3.63, 3.8) is 0 Å². The summed E-state index contributed by atoms with van der Waals surface area (Å²) >= 11 is 0. The second-order valence-corrected chi connectivity index (χ2v) is 28.5. The lowest BCUT2D eigenvalue weighted by molar-refractivity contribution is 0.590. The Kier molecular flexibility index (Phi) is 9.54. The van der Waals surface area contributed by atoms with Gasteiger partial charge in [0.25, 0.3) is 6.71 Å². The van der Waals surface area contributed by atoms with Crippen molar-refractivity contribution in [3.8, 4) is 39.7 Å². The molecule has 11 heteroatoms. The lowest BCUT2D eigenvalue weighted by atomic mass is 9.33. The average Bonchev–Trinajstić information content (AvgIpc) is 1.62. The molecule has 0 fully saturated rings. The Labute approximate surface area is 631 Å². The second kappa shape index (κ2) is 21.7. The maximum atomic E-state index is 10.7. The number of anilines is 6. The summed E-state index contributed by atoms with van der Waals surface area (Å²) in [4.78, 5) is 8.11. The van der Waals surface area contributed by atoms with Gasteiger partial charge in [0.15, 0.2) is 5.69 Å². The van der Waals surface area contributed by atoms with E-state index < -0.39 is 108 Å². The van der Waals surface area contributed by atoms with Gasteiger partial charge in [-0.25, -0.2) is 4.85 Å². The number of nitrogens with zero attached hydrogens (tertiary/aromatic N) is 6. The van der Waals surface area contributed by atoms with Crippen molar-refractivity contribution >= 4 is 194 Å². The molecule has 0 N–H and O–H groups in total. The van der Waals surface area contributed by atoms with Gasteiger partial charge in [0.05, 0.1) is 78.9 Å². The van der Waals surface area contributed by atoms with Gasteiger partial charge < -0.3 is 36.6 Å². The van der Waals surface area contributed by atoms with E-state index in [4.69, 9.17) is 27.0 Å². The third-order valence-corrected chi connectivity index (χ3v) is 21.8. The maximum Gasteiger partial charge on any atom is 0.252 e. The van der Waals surface area contributed by atoms with Gasteiger partial charge in [-0.3, -0.25) is 0 Å². The Morgan fingerprint density at radius 2 is 0.813 bits per heavy atom. The minimum atomic E-state index is -0.863. The molecule has 8 heterocycles. The van der Waals surface area contributed by atoms with E-state index in [1.165, 1.54) is 9.13 Å². The van der Waals surface area contributed by atoms with Crippen molar-refractivity contribution in [2.45, 2.75) is 26.2 Å². The number of hydrogen-bond acceptors (Lipinski definition) is 7. The molecule has 0 saturated carbocycles. The molecule has 0 amide bonds. The highest BCUT2D eigenvalue weighted by atomic mass is 16.3. The molecular weight excluding hydrogens is 1310 g/mol. The molecule has 23 rings (SSSR count). The van der Waals surface area contributed by atoms with E-state index in [9.17, 15) is 21.7 Å². The van der Waals surface area contributed by atoms with Gasteiger partial charge in [-0.2, -0.15) is 5.26 Å². The molecule has 107 heavy (non-hydrogen) atoms. The molecule has 0 bridgehead atoms. The summed E-state index contributed by atoms with van der Waals surface area (Å²) in [7, 11) is 0. The van der Waals surface area contributed by atoms with Gasteiger partial charge in [-0.1, -0.05) is 172 Å². The standard InChI is InChI=1S/C96H57BN6O4/c1-96(2,3)55-48-79-93-80(49-55)103(95-64(40-46-88-92(95)68-24-10-16-32-84(68)107-88)62-26-18-34-86-90(62)66-22-8-14-30-82(66)105-86)78-52-58(101-74-28-12-6-20-60(74)70-50-56(99-4)36-44-76(70)101)38-42-72(78)97(93)71-41-37-57(100-73-27-11-5-19-59(73)69-47-54(53-98)35-43-75(69)100)51-77(71)102(79)94-63(39-45-87-91(94)67-23-9-15-31-83(67)106-87)61-25-17-33-85-89(61)65-21-7-13-29-81(65)104-85/h5-52H,1-3H3/i5D,6D,11D,12D,19D,20D,27D,28D,35D,36D,43D,44D,47D,50D. The summed E-state index contributed by atoms with van der Waals surface area (Å²) in [5, 5.41) is 16.5. The Balaban J connectivity index is 0.939. The summed E-state index contributed by atoms with van der Waals surface area (Å²) < 4.78 is 165. The zero-order valence-electron chi connectivity index (χ0n) is 71.0. The summed E-state index contributed by atoms with van der Waals surface area (Å²) in [6.45, 7) is 13.8. The van der Waals surface area contributed by atoms with Crippen LogP contribution in [0.1, 0.15) is 51.1 Å². The Morgan fingerprint density at radius 3 is 1.28 bits per heavy atom. The first-order valence-electron chi connectivity index (χ1n) is 42.1. The van der Waals surface area contributed by atoms with Crippen LogP contribution in [-0.2, 0) is 5.41 Å². The van der Waals surface area contributed by atoms with Crippen molar-refractivity contribution in [2.24, 2.45) is 0 Å². The van der Waals surface area contributed by atoms with E-state index >= 15 is 0 Å². The molecule has 0 unspecified atom stereocenters. The number of para-hydroxylation sites is 6. The molecule has 498 valence electrons. The van der Waals surface area contributed by atoms with E-state index in [1.54, 1.807) is 0 Å². The predicted molar refractivity (Wildman–Crippen MR) is 439 cm³/mol. The first-order chi connectivity index (χ1) is 58.5. The van der Waals surface area contributed by atoms with Crippen LogP contribution >= 0.6 is 0 Å². The highest BCUT2D eigenvalue weighted by Gasteiger charge is 2.47. The molecule has 0 atom stereocenters. The van der Waals surface area contributed by atoms with Crippen molar-refractivity contribution in [1.82, 2.24) is 9.13 Å². The average molecular weight is 1380 g/mol. The van der Waals surface area contributed by atoms with Crippen molar-refractivity contribution < 1.29 is 36.9 Å². The topological polar surface area (TPSA) is 97.0 Å². The van der Waals surface area contributed by atoms with Gasteiger partial charge in [-0.05, 0) is 183 Å². The number of fused-ring (bicyclic) bond motifs is 22. The molecular formula is C96H57BN6O4. The number of benzene rings is 15. The van der Waals surface area contributed by atoms with E-state index in [0.29, 0.717) is 100 Å². The van der Waals surface area contributed by atoms with Crippen LogP contribution in [0.5, 0.6) is 0 Å². The number of hydrogen-bond donors (Lipinski definition) is 0. The second-order valence-electron chi connectivity index (χ2n) is 28.5. The quantitative estimate of drug-likeness (QED) is 0.121. The fourth-order valence-electron chi connectivity index (χ4n) is 17.3. The first-order valence-corrected chi connectivity index (χ1v) is 35.1. The molecule has 10 nitrogen and oxygen atoms in total. The molecule has 6 aromatic heterocycles. The molecule has 0 radical (unpaired) electrons. The third-order valence-electron chi connectivity index (χ3n) is 21.8. The van der Waals surface area contributed by atoms with Gasteiger partial charge in [0, 0.05) is 96.5 Å². The van der Waals surface area contributed by atoms with Crippen LogP contribution < -0.4 is 26.2 Å². The van der Waals surface area contributed by atoms with Crippen LogP contribution in [0.4, 0.5) is 39.8 Å². The molecule has 2 aliphatic rings. The zero-order chi connectivity index (χ0) is 83.0. The van der Waals surface area contributed by atoms with Crippen LogP contribution in [-0.4, -0.2) is 15.8 Å². The van der Waals surface area contributed by atoms with Gasteiger partial charge in [0.1, 0.15) is 44.7 Å². The summed E-state index contributed by atoms with van der Waals surface area (Å²) in [5.41, 5.74) is 12.8. The summed E-state index contributed by atoms with van der Waals surface area (Å²) in [6.07, 6.45) is 0. The monoisotopic (exact) mass is 1380 g/mol. The fraction of sp³-hybridized carbons (Fsp3) is 0.0417. The summed E-state index contributed by atoms with van der Waals surface area (Å²) in [6, 6.07) is 61.9. The van der Waals surface area contributed by atoms with Crippen molar-refractivity contribution in [3.05, 3.63) is 313 Å². The van der Waals surface area contributed by atoms with Crippen LogP contribution in [0.2, 0.25) is 0 Å². The Hall–Kier alpha value is -14.3. The minimum absolute atomic E-state index is 0.0987. The highest BCUT2D eigenvalue weighted by molar-refractivity contribution is 7.00. The molecule has 0 aliphatic carbocycles. The zero-order valence-corrected chi connectivity index (χ0v) is 57.0. The third kappa shape index (κ3) is 8.22. The first kappa shape index (κ1) is 47.1. The van der Waals surface area contributed by atoms with Crippen LogP contribution in [0, 0.1) is 17.9 Å². The highest BCUT2D eigenvalue weighted by Crippen LogP contribution is 2.57. The normalized spacial score (nSPS) is 14.8. The SMILES string of the molecule is [2H]c1c([2H])c([2H])c2c(c1[2H])c1c([2H])c(C#N)c([2H])c([2H])c1n2-c1ccc2c(c1)N(c1c(-c3cccc4oc5ccccc5c34)ccc3oc4ccccc4c13)c1cc(C(C)(C)C)cc3c1B2c1ccc(-n2c4c([2H])c([2H])c([2H])c([2H])c4c4c([2H])c([N+]#[C-])c([2H])c([2H])c42)cc1N3c1c(-c2cccc3oc4ccccc4c23)ccc2oc3ccccc3c12. The Bertz CT molecular complexity index is 8070. The van der Waals surface area contributed by atoms with Crippen LogP contribution in [0.15, 0.2) is 309 Å². The largest absolute Gasteiger partial charge is 0.456 e. The van der Waals surface area contributed by atoms with E-state index in [2.05, 4.69) is 71.8 Å². The number of rotatable bonds is 6. The van der Waals surface area contributed by atoms with Gasteiger partial charge in [-0.15, -0.1) is 0 Å². The molecule has 21 aromatic rings. The van der Waals surface area contributed by atoms with E-state index in [0.717, 1.165) is 65.6 Å². The molecule has 0 saturated heterocycles. The van der Waals surface area contributed by atoms with Gasteiger partial charge in [0.2, 0.25) is 0 Å². The Morgan fingerprint density at radius 1 is 0.393 bits per heavy atom. The molecule has 2 aliphatic heterocycles. The summed E-state index contributed by atoms with van der Waals surface area (Å²) in [5.74, 6) is 0. The molecule has 0 spiro atoms. The fourth-order valence-corrected chi connectivity index (χ4v) is 17.3. The van der Waals surface area contributed by atoms with Crippen LogP contribution in [0.3, 0.4) is 0 Å². The lowest BCUT2D eigenvalue weighted by Crippen LogP contribution is -2.61. The minimum Gasteiger partial charge on any atom is -0.456 e. The predicted octanol–water partition coefficient (Wildman–Crippen LogP) is 24.6. The lowest BCUT2D eigenvalue weighted by Gasteiger charge is -2.46. The number of aromatic nitrogens is 2.